The minimum absolute atomic E-state index is 0.0623. The van der Waals surface area contributed by atoms with Gasteiger partial charge in [-0.1, -0.05) is 12.1 Å². The molecule has 0 aromatic heterocycles. The third kappa shape index (κ3) is 3.38. The summed E-state index contributed by atoms with van der Waals surface area (Å²) in [7, 11) is 0. The molecule has 1 unspecified atom stereocenters. The van der Waals surface area contributed by atoms with Crippen LogP contribution in [0.15, 0.2) is 18.2 Å². The van der Waals surface area contributed by atoms with Crippen molar-refractivity contribution >= 4 is 23.6 Å². The van der Waals surface area contributed by atoms with Crippen molar-refractivity contribution in [3.8, 4) is 0 Å². The van der Waals surface area contributed by atoms with Crippen molar-refractivity contribution in [2.24, 2.45) is 5.41 Å². The van der Waals surface area contributed by atoms with Gasteiger partial charge in [-0.25, -0.2) is 4.79 Å². The molecular formula is C19H25N3O4. The number of carboxylic acid groups (broad SMARTS) is 1. The van der Waals surface area contributed by atoms with Crippen LogP contribution < -0.4 is 5.32 Å². The van der Waals surface area contributed by atoms with Crippen molar-refractivity contribution in [1.82, 2.24) is 9.80 Å². The van der Waals surface area contributed by atoms with Gasteiger partial charge in [0.1, 0.15) is 0 Å². The van der Waals surface area contributed by atoms with Crippen LogP contribution in [0.5, 0.6) is 0 Å². The highest BCUT2D eigenvalue weighted by Crippen LogP contribution is 2.31. The number of anilines is 1. The molecule has 2 N–H and O–H groups in total. The van der Waals surface area contributed by atoms with E-state index in [2.05, 4.69) is 5.32 Å². The monoisotopic (exact) mass is 359 g/mol. The lowest BCUT2D eigenvalue weighted by Gasteiger charge is -2.23. The zero-order valence-electron chi connectivity index (χ0n) is 15.2. The highest BCUT2D eigenvalue weighted by molar-refractivity contribution is 6.04. The Balaban J connectivity index is 1.78. The summed E-state index contributed by atoms with van der Waals surface area (Å²) in [5, 5.41) is 12.1. The Hall–Kier alpha value is -2.57. The Morgan fingerprint density at radius 3 is 2.42 bits per heavy atom. The molecular weight excluding hydrogens is 334 g/mol. The molecule has 2 saturated heterocycles. The molecule has 0 bridgehead atoms. The quantitative estimate of drug-likeness (QED) is 0.868. The van der Waals surface area contributed by atoms with Crippen molar-refractivity contribution in [3.63, 3.8) is 0 Å². The maximum atomic E-state index is 12.9. The minimum atomic E-state index is -0.919. The maximum absolute atomic E-state index is 12.9. The van der Waals surface area contributed by atoms with Gasteiger partial charge in [-0.05, 0) is 44.7 Å². The molecule has 2 aliphatic rings. The van der Waals surface area contributed by atoms with Crippen LogP contribution in [0.25, 0.3) is 0 Å². The van der Waals surface area contributed by atoms with Gasteiger partial charge in [0.15, 0.2) is 0 Å². The Morgan fingerprint density at radius 2 is 1.81 bits per heavy atom. The van der Waals surface area contributed by atoms with Crippen molar-refractivity contribution in [1.29, 1.82) is 0 Å². The SMILES string of the molecule is Cc1cccc(NC(=O)N2CCC(C)(C(=O)O)C2)c1C(=O)N1CCCC1. The molecule has 2 aliphatic heterocycles. The Labute approximate surface area is 153 Å². The molecule has 2 fully saturated rings. The van der Waals surface area contributed by atoms with Gasteiger partial charge >= 0.3 is 12.0 Å². The number of carboxylic acids is 1. The summed E-state index contributed by atoms with van der Waals surface area (Å²) in [5.74, 6) is -0.957. The van der Waals surface area contributed by atoms with E-state index in [4.69, 9.17) is 0 Å². The number of likely N-dealkylation sites (tertiary alicyclic amines) is 2. The van der Waals surface area contributed by atoms with E-state index in [1.165, 1.54) is 4.90 Å². The van der Waals surface area contributed by atoms with Crippen molar-refractivity contribution < 1.29 is 19.5 Å². The predicted molar refractivity (Wildman–Crippen MR) is 97.3 cm³/mol. The van der Waals surface area contributed by atoms with E-state index in [1.54, 1.807) is 19.1 Å². The zero-order chi connectivity index (χ0) is 18.9. The summed E-state index contributed by atoms with van der Waals surface area (Å²) < 4.78 is 0. The first-order valence-corrected chi connectivity index (χ1v) is 9.00. The molecule has 0 aliphatic carbocycles. The van der Waals surface area contributed by atoms with Crippen LogP contribution in [-0.4, -0.2) is 59.0 Å². The standard InChI is InChI=1S/C19H25N3O4/c1-13-6-5-7-14(15(13)16(23)21-9-3-4-10-21)20-18(26)22-11-8-19(2,12-22)17(24)25/h5-7H,3-4,8-12H2,1-2H3,(H,20,26)(H,24,25). The number of nitrogens with one attached hydrogen (secondary N) is 1. The summed E-state index contributed by atoms with van der Waals surface area (Å²) in [4.78, 5) is 40.2. The van der Waals surface area contributed by atoms with Crippen LogP contribution in [0.4, 0.5) is 10.5 Å². The summed E-state index contributed by atoms with van der Waals surface area (Å²) in [6.45, 7) is 5.53. The summed E-state index contributed by atoms with van der Waals surface area (Å²) >= 11 is 0. The number of urea groups is 1. The van der Waals surface area contributed by atoms with Gasteiger partial charge in [-0.2, -0.15) is 0 Å². The highest BCUT2D eigenvalue weighted by atomic mass is 16.4. The topological polar surface area (TPSA) is 90.0 Å². The van der Waals surface area contributed by atoms with Crippen molar-refractivity contribution in [3.05, 3.63) is 29.3 Å². The molecule has 140 valence electrons. The lowest BCUT2D eigenvalue weighted by atomic mass is 9.90. The summed E-state index contributed by atoms with van der Waals surface area (Å²) in [6, 6.07) is 5.02. The minimum Gasteiger partial charge on any atom is -0.481 e. The van der Waals surface area contributed by atoms with Crippen LogP contribution in [0.1, 0.15) is 42.1 Å². The first kappa shape index (κ1) is 18.2. The number of carbonyl (C=O) groups is 3. The smallest absolute Gasteiger partial charge is 0.321 e. The number of rotatable bonds is 3. The number of aliphatic carboxylic acids is 1. The average molecular weight is 359 g/mol. The number of nitrogens with zero attached hydrogens (tertiary/aromatic N) is 2. The Kier molecular flexibility index (Phi) is 4.89. The molecule has 0 saturated carbocycles. The molecule has 26 heavy (non-hydrogen) atoms. The van der Waals surface area contributed by atoms with Gasteiger partial charge in [0, 0.05) is 26.2 Å². The van der Waals surface area contributed by atoms with Crippen LogP contribution in [0.3, 0.4) is 0 Å². The number of amides is 3. The first-order chi connectivity index (χ1) is 12.3. The van der Waals surface area contributed by atoms with E-state index in [0.717, 1.165) is 31.5 Å². The fourth-order valence-corrected chi connectivity index (χ4v) is 3.64. The number of aryl methyl sites for hydroxylation is 1. The Bertz CT molecular complexity index is 742. The van der Waals surface area contributed by atoms with Crippen LogP contribution in [0, 0.1) is 12.3 Å². The van der Waals surface area contributed by atoms with Gasteiger partial charge in [0.05, 0.1) is 16.7 Å². The molecule has 7 nitrogen and oxygen atoms in total. The van der Waals surface area contributed by atoms with E-state index in [9.17, 15) is 19.5 Å². The van der Waals surface area contributed by atoms with Gasteiger partial charge < -0.3 is 20.2 Å². The van der Waals surface area contributed by atoms with Gasteiger partial charge in [-0.3, -0.25) is 9.59 Å². The lowest BCUT2D eigenvalue weighted by molar-refractivity contribution is -0.146. The molecule has 1 atom stereocenters. The fraction of sp³-hybridized carbons (Fsp3) is 0.526. The van der Waals surface area contributed by atoms with Crippen molar-refractivity contribution in [2.75, 3.05) is 31.5 Å². The highest BCUT2D eigenvalue weighted by Gasteiger charge is 2.42. The van der Waals surface area contributed by atoms with Crippen molar-refractivity contribution in [2.45, 2.75) is 33.1 Å². The second-order valence-electron chi connectivity index (χ2n) is 7.46. The van der Waals surface area contributed by atoms with E-state index in [1.807, 2.05) is 17.9 Å². The zero-order valence-corrected chi connectivity index (χ0v) is 15.2. The van der Waals surface area contributed by atoms with Crippen LogP contribution in [0.2, 0.25) is 0 Å². The normalized spacial score (nSPS) is 22.5. The van der Waals surface area contributed by atoms with E-state index in [-0.39, 0.29) is 18.5 Å². The van der Waals surface area contributed by atoms with Gasteiger partial charge in [0.25, 0.3) is 5.91 Å². The second kappa shape index (κ2) is 6.97. The third-order valence-electron chi connectivity index (χ3n) is 5.40. The molecule has 7 heteroatoms. The molecule has 3 amide bonds. The molecule has 3 rings (SSSR count). The molecule has 0 spiro atoms. The van der Waals surface area contributed by atoms with Gasteiger partial charge in [-0.15, -0.1) is 0 Å². The summed E-state index contributed by atoms with van der Waals surface area (Å²) in [6.07, 6.45) is 2.42. The van der Waals surface area contributed by atoms with Crippen LogP contribution >= 0.6 is 0 Å². The van der Waals surface area contributed by atoms with E-state index in [0.29, 0.717) is 24.2 Å². The number of hydrogen-bond acceptors (Lipinski definition) is 3. The van der Waals surface area contributed by atoms with Gasteiger partial charge in [0.2, 0.25) is 0 Å². The number of benzene rings is 1. The van der Waals surface area contributed by atoms with Crippen LogP contribution in [-0.2, 0) is 4.79 Å². The Morgan fingerprint density at radius 1 is 1.12 bits per heavy atom. The van der Waals surface area contributed by atoms with E-state index >= 15 is 0 Å². The largest absolute Gasteiger partial charge is 0.481 e. The molecule has 2 heterocycles. The maximum Gasteiger partial charge on any atom is 0.321 e. The number of hydrogen-bond donors (Lipinski definition) is 2. The lowest BCUT2D eigenvalue weighted by Crippen LogP contribution is -2.38. The second-order valence-corrected chi connectivity index (χ2v) is 7.46. The van der Waals surface area contributed by atoms with E-state index < -0.39 is 11.4 Å². The molecule has 1 aromatic rings. The summed E-state index contributed by atoms with van der Waals surface area (Å²) in [5.41, 5.74) is 0.897. The number of carbonyl (C=O) groups excluding carboxylic acids is 2. The molecule has 1 aromatic carbocycles. The average Bonchev–Trinajstić information content (AvgIpc) is 3.25. The fourth-order valence-electron chi connectivity index (χ4n) is 3.64. The first-order valence-electron chi connectivity index (χ1n) is 9.00. The molecule has 0 radical (unpaired) electrons. The third-order valence-corrected chi connectivity index (χ3v) is 5.40. The predicted octanol–water partition coefficient (Wildman–Crippen LogP) is 2.56.